The number of fused-ring (bicyclic) bond motifs is 2. The van der Waals surface area contributed by atoms with Crippen LogP contribution in [0, 0.1) is 17.8 Å². The summed E-state index contributed by atoms with van der Waals surface area (Å²) in [6, 6.07) is 8.84. The fraction of sp³-hybridized carbons (Fsp3) is 0.524. The van der Waals surface area contributed by atoms with Crippen molar-refractivity contribution in [2.75, 3.05) is 13.1 Å². The van der Waals surface area contributed by atoms with Gasteiger partial charge in [-0.1, -0.05) is 24.3 Å². The number of aryl methyl sites for hydroxylation is 1. The van der Waals surface area contributed by atoms with Gasteiger partial charge in [0.2, 0.25) is 5.91 Å². The molecule has 1 aromatic heterocycles. The summed E-state index contributed by atoms with van der Waals surface area (Å²) in [7, 11) is 0. The van der Waals surface area contributed by atoms with Crippen LogP contribution in [-0.4, -0.2) is 39.5 Å². The molecule has 5 nitrogen and oxygen atoms in total. The molecule has 0 bridgehead atoms. The maximum absolute atomic E-state index is 12.7. The molecule has 1 saturated carbocycles. The minimum Gasteiger partial charge on any atom is -0.352 e. The zero-order valence-electron chi connectivity index (χ0n) is 15.3. The molecule has 1 amide bonds. The lowest BCUT2D eigenvalue weighted by molar-refractivity contribution is -0.123. The van der Waals surface area contributed by atoms with E-state index in [1.54, 1.807) is 0 Å². The second-order valence-electron chi connectivity index (χ2n) is 8.06. The van der Waals surface area contributed by atoms with E-state index in [0.29, 0.717) is 11.8 Å². The number of imidazole rings is 1. The maximum atomic E-state index is 12.7. The van der Waals surface area contributed by atoms with Gasteiger partial charge in [-0.15, -0.1) is 0 Å². The molecule has 26 heavy (non-hydrogen) atoms. The SMILES string of the molecule is CCn1ccnc1CN1CC2C(C1)C2C(=O)NC1Cc2ccccc2C1. The van der Waals surface area contributed by atoms with Gasteiger partial charge in [0.05, 0.1) is 6.54 Å². The van der Waals surface area contributed by atoms with E-state index in [4.69, 9.17) is 0 Å². The Morgan fingerprint density at radius 3 is 2.54 bits per heavy atom. The van der Waals surface area contributed by atoms with Gasteiger partial charge in [-0.05, 0) is 42.7 Å². The Labute approximate surface area is 154 Å². The van der Waals surface area contributed by atoms with Crippen LogP contribution in [0.4, 0.5) is 0 Å². The van der Waals surface area contributed by atoms with Gasteiger partial charge in [0, 0.05) is 44.0 Å². The van der Waals surface area contributed by atoms with Gasteiger partial charge in [-0.3, -0.25) is 9.69 Å². The quantitative estimate of drug-likeness (QED) is 0.896. The first-order valence-corrected chi connectivity index (χ1v) is 9.82. The van der Waals surface area contributed by atoms with Crippen molar-refractivity contribution in [3.05, 3.63) is 53.6 Å². The summed E-state index contributed by atoms with van der Waals surface area (Å²) < 4.78 is 2.20. The van der Waals surface area contributed by atoms with Gasteiger partial charge in [0.25, 0.3) is 0 Å². The molecule has 2 atom stereocenters. The zero-order valence-corrected chi connectivity index (χ0v) is 15.3. The minimum absolute atomic E-state index is 0.237. The number of nitrogens with zero attached hydrogens (tertiary/aromatic N) is 3. The van der Waals surface area contributed by atoms with Crippen LogP contribution < -0.4 is 5.32 Å². The Morgan fingerprint density at radius 1 is 1.19 bits per heavy atom. The molecule has 3 aliphatic rings. The lowest BCUT2D eigenvalue weighted by atomic mass is 10.1. The monoisotopic (exact) mass is 350 g/mol. The van der Waals surface area contributed by atoms with Crippen molar-refractivity contribution in [2.45, 2.75) is 38.9 Å². The number of hydrogen-bond acceptors (Lipinski definition) is 3. The van der Waals surface area contributed by atoms with Gasteiger partial charge in [0.15, 0.2) is 0 Å². The van der Waals surface area contributed by atoms with Crippen LogP contribution in [0.2, 0.25) is 0 Å². The summed E-state index contributed by atoms with van der Waals surface area (Å²) in [6.07, 6.45) is 5.89. The summed E-state index contributed by atoms with van der Waals surface area (Å²) in [5.74, 6) is 2.75. The molecule has 1 aromatic carbocycles. The van der Waals surface area contributed by atoms with E-state index < -0.39 is 0 Å². The van der Waals surface area contributed by atoms with Crippen LogP contribution in [0.25, 0.3) is 0 Å². The number of benzene rings is 1. The molecule has 2 aromatic rings. The van der Waals surface area contributed by atoms with Gasteiger partial charge >= 0.3 is 0 Å². The van der Waals surface area contributed by atoms with E-state index >= 15 is 0 Å². The van der Waals surface area contributed by atoms with Crippen molar-refractivity contribution in [1.29, 1.82) is 0 Å². The van der Waals surface area contributed by atoms with E-state index in [2.05, 4.69) is 51.0 Å². The summed E-state index contributed by atoms with van der Waals surface area (Å²) in [6.45, 7) is 6.08. The Hall–Kier alpha value is -2.14. The van der Waals surface area contributed by atoms with Crippen LogP contribution in [0.1, 0.15) is 23.9 Å². The third-order valence-corrected chi connectivity index (χ3v) is 6.48. The number of aromatic nitrogens is 2. The van der Waals surface area contributed by atoms with Crippen LogP contribution in [0.15, 0.2) is 36.7 Å². The number of piperidine rings is 1. The fourth-order valence-electron chi connectivity index (χ4n) is 5.07. The van der Waals surface area contributed by atoms with Crippen LogP contribution in [0.3, 0.4) is 0 Å². The number of hydrogen-bond donors (Lipinski definition) is 1. The molecule has 1 saturated heterocycles. The van der Waals surface area contributed by atoms with Crippen LogP contribution in [0.5, 0.6) is 0 Å². The highest BCUT2D eigenvalue weighted by atomic mass is 16.2. The van der Waals surface area contributed by atoms with Crippen LogP contribution >= 0.6 is 0 Å². The first kappa shape index (κ1) is 16.1. The standard InChI is InChI=1S/C21H26N4O/c1-2-25-8-7-22-19(25)13-24-11-17-18(12-24)20(17)21(26)23-16-9-14-5-3-4-6-15(14)10-16/h3-8,16-18,20H,2,9-13H2,1H3,(H,23,26). The van der Waals surface area contributed by atoms with Gasteiger partial charge < -0.3 is 9.88 Å². The Balaban J connectivity index is 1.13. The Kier molecular flexibility index (Phi) is 3.85. The highest BCUT2D eigenvalue weighted by Crippen LogP contribution is 2.52. The second kappa shape index (κ2) is 6.23. The Morgan fingerprint density at radius 2 is 1.88 bits per heavy atom. The highest BCUT2D eigenvalue weighted by molar-refractivity contribution is 5.83. The number of amides is 1. The number of carbonyl (C=O) groups is 1. The number of rotatable bonds is 5. The third kappa shape index (κ3) is 2.75. The van der Waals surface area contributed by atoms with E-state index in [1.807, 2.05) is 12.4 Å². The lowest BCUT2D eigenvalue weighted by Crippen LogP contribution is -2.38. The molecule has 2 heterocycles. The largest absolute Gasteiger partial charge is 0.352 e. The lowest BCUT2D eigenvalue weighted by Gasteiger charge is -2.20. The molecule has 1 N–H and O–H groups in total. The first-order valence-electron chi connectivity index (χ1n) is 9.82. The number of nitrogens with one attached hydrogen (secondary N) is 1. The Bertz CT molecular complexity index is 792. The minimum atomic E-state index is 0.237. The third-order valence-electron chi connectivity index (χ3n) is 6.48. The van der Waals surface area contributed by atoms with Crippen molar-refractivity contribution in [2.24, 2.45) is 17.8 Å². The van der Waals surface area contributed by atoms with Crippen molar-refractivity contribution in [3.8, 4) is 0 Å². The summed E-state index contributed by atoms with van der Waals surface area (Å²) in [5.41, 5.74) is 2.79. The molecule has 2 unspecified atom stereocenters. The molecular formula is C21H26N4O. The van der Waals surface area contributed by atoms with Crippen molar-refractivity contribution < 1.29 is 4.79 Å². The zero-order chi connectivity index (χ0) is 17.7. The average molecular weight is 350 g/mol. The molecule has 5 heteroatoms. The maximum Gasteiger partial charge on any atom is 0.224 e. The topological polar surface area (TPSA) is 50.2 Å². The first-order chi connectivity index (χ1) is 12.7. The van der Waals surface area contributed by atoms with Gasteiger partial charge in [-0.2, -0.15) is 0 Å². The molecule has 2 aliphatic carbocycles. The van der Waals surface area contributed by atoms with E-state index in [9.17, 15) is 4.79 Å². The van der Waals surface area contributed by atoms with Gasteiger partial charge in [-0.25, -0.2) is 4.98 Å². The average Bonchev–Trinajstić information content (AvgIpc) is 3.06. The van der Waals surface area contributed by atoms with Gasteiger partial charge in [0.1, 0.15) is 5.82 Å². The van der Waals surface area contributed by atoms with Crippen molar-refractivity contribution in [1.82, 2.24) is 19.8 Å². The molecule has 0 radical (unpaired) electrons. The number of carbonyl (C=O) groups excluding carboxylic acids is 1. The van der Waals surface area contributed by atoms with Crippen molar-refractivity contribution in [3.63, 3.8) is 0 Å². The van der Waals surface area contributed by atoms with E-state index in [0.717, 1.165) is 44.8 Å². The highest BCUT2D eigenvalue weighted by Gasteiger charge is 2.59. The molecule has 136 valence electrons. The van der Waals surface area contributed by atoms with E-state index in [1.165, 1.54) is 11.1 Å². The molecular weight excluding hydrogens is 324 g/mol. The summed E-state index contributed by atoms with van der Waals surface area (Å²) >= 11 is 0. The molecule has 5 rings (SSSR count). The number of likely N-dealkylation sites (tertiary alicyclic amines) is 1. The molecule has 1 aliphatic heterocycles. The van der Waals surface area contributed by atoms with E-state index in [-0.39, 0.29) is 17.9 Å². The normalized spacial score (nSPS) is 27.3. The van der Waals surface area contributed by atoms with Crippen molar-refractivity contribution >= 4 is 5.91 Å². The fourth-order valence-corrected chi connectivity index (χ4v) is 5.07. The molecule has 2 fully saturated rings. The predicted octanol–water partition coefficient (Wildman–Crippen LogP) is 1.86. The summed E-state index contributed by atoms with van der Waals surface area (Å²) in [5, 5.41) is 3.32. The predicted molar refractivity (Wildman–Crippen MR) is 99.4 cm³/mol. The summed E-state index contributed by atoms with van der Waals surface area (Å²) in [4.78, 5) is 19.6. The molecule has 0 spiro atoms. The second-order valence-corrected chi connectivity index (χ2v) is 8.06. The smallest absolute Gasteiger partial charge is 0.224 e. The van der Waals surface area contributed by atoms with Crippen LogP contribution in [-0.2, 0) is 30.7 Å².